The summed E-state index contributed by atoms with van der Waals surface area (Å²) in [5.41, 5.74) is 4.59. The first-order valence-electron chi connectivity index (χ1n) is 11.3. The molecule has 1 aliphatic heterocycles. The Morgan fingerprint density at radius 1 is 0.852 bits per heavy atom. The Hall–Kier alpha value is -1.12. The molecule has 0 amide bonds. The summed E-state index contributed by atoms with van der Waals surface area (Å²) in [6, 6.07) is 9.27. The molecule has 148 valence electrons. The summed E-state index contributed by atoms with van der Waals surface area (Å²) >= 11 is 0. The highest BCUT2D eigenvalue weighted by Gasteiger charge is 2.30. The minimum Gasteiger partial charge on any atom is -0.352 e. The van der Waals surface area contributed by atoms with Crippen LogP contribution in [0.2, 0.25) is 0 Å². The second kappa shape index (κ2) is 9.39. The van der Waals surface area contributed by atoms with Crippen molar-refractivity contribution in [3.05, 3.63) is 47.0 Å². The van der Waals surface area contributed by atoms with Gasteiger partial charge in [-0.05, 0) is 88.0 Å². The Morgan fingerprint density at radius 2 is 1.48 bits per heavy atom. The van der Waals surface area contributed by atoms with Gasteiger partial charge in [0.2, 0.25) is 0 Å². The maximum absolute atomic E-state index is 5.67. The Labute approximate surface area is 165 Å². The lowest BCUT2D eigenvalue weighted by Gasteiger charge is -2.36. The molecule has 2 saturated carbocycles. The number of rotatable bonds is 4. The summed E-state index contributed by atoms with van der Waals surface area (Å²) in [5, 5.41) is 0. The molecule has 2 aliphatic carbocycles. The van der Waals surface area contributed by atoms with Crippen LogP contribution >= 0.6 is 0 Å². The van der Waals surface area contributed by atoms with E-state index in [1.807, 2.05) is 0 Å². The van der Waals surface area contributed by atoms with Gasteiger partial charge in [0.25, 0.3) is 0 Å². The van der Waals surface area contributed by atoms with Gasteiger partial charge in [-0.3, -0.25) is 0 Å². The van der Waals surface area contributed by atoms with Crippen LogP contribution in [0.25, 0.3) is 0 Å². The molecule has 0 N–H and O–H groups in total. The van der Waals surface area contributed by atoms with Gasteiger partial charge in [0.15, 0.2) is 6.29 Å². The lowest BCUT2D eigenvalue weighted by molar-refractivity contribution is -0.175. The molecule has 3 fully saturated rings. The number of ether oxygens (including phenoxy) is 2. The standard InChI is InChI=1S/C25H36O2/c1-19-3-8-21(9-4-19)23-12-14-24(15-13-23)22-10-5-20(6-11-22)7-16-25-26-17-2-18-27-25/h3-4,7-9,22-25H,2,5-6,10-18H2,1H3. The van der Waals surface area contributed by atoms with E-state index in [1.165, 1.54) is 56.9 Å². The van der Waals surface area contributed by atoms with Crippen molar-refractivity contribution in [1.29, 1.82) is 0 Å². The predicted octanol–water partition coefficient (Wildman–Crippen LogP) is 6.54. The number of aryl methyl sites for hydroxylation is 1. The molecule has 27 heavy (non-hydrogen) atoms. The Bertz CT molecular complexity index is 594. The van der Waals surface area contributed by atoms with E-state index in [4.69, 9.17) is 9.47 Å². The Balaban J connectivity index is 1.20. The molecule has 2 nitrogen and oxygen atoms in total. The zero-order valence-corrected chi connectivity index (χ0v) is 17.0. The number of hydrogen-bond acceptors (Lipinski definition) is 2. The monoisotopic (exact) mass is 368 g/mol. The van der Waals surface area contributed by atoms with E-state index >= 15 is 0 Å². The summed E-state index contributed by atoms with van der Waals surface area (Å²) in [6.07, 6.45) is 15.5. The molecule has 0 unspecified atom stereocenters. The molecule has 2 heteroatoms. The fourth-order valence-corrected chi connectivity index (χ4v) is 5.38. The van der Waals surface area contributed by atoms with Crippen LogP contribution in [0.1, 0.15) is 81.3 Å². The topological polar surface area (TPSA) is 18.5 Å². The quantitative estimate of drug-likeness (QED) is 0.562. The van der Waals surface area contributed by atoms with E-state index in [0.717, 1.165) is 43.8 Å². The van der Waals surface area contributed by atoms with Crippen LogP contribution in [0.3, 0.4) is 0 Å². The molecule has 1 saturated heterocycles. The minimum atomic E-state index is 0.0148. The largest absolute Gasteiger partial charge is 0.352 e. The van der Waals surface area contributed by atoms with E-state index in [-0.39, 0.29) is 6.29 Å². The lowest BCUT2D eigenvalue weighted by atomic mass is 9.69. The highest BCUT2D eigenvalue weighted by Crippen LogP contribution is 2.43. The van der Waals surface area contributed by atoms with E-state index < -0.39 is 0 Å². The van der Waals surface area contributed by atoms with Crippen LogP contribution in [-0.2, 0) is 9.47 Å². The molecule has 3 aliphatic rings. The predicted molar refractivity (Wildman–Crippen MR) is 111 cm³/mol. The van der Waals surface area contributed by atoms with Crippen molar-refractivity contribution < 1.29 is 9.47 Å². The average molecular weight is 369 g/mol. The SMILES string of the molecule is Cc1ccc(C2CCC(C3CCC(=CCC4OCCCO4)CC3)CC2)cc1. The van der Waals surface area contributed by atoms with Crippen molar-refractivity contribution in [1.82, 2.24) is 0 Å². The van der Waals surface area contributed by atoms with E-state index in [0.29, 0.717) is 0 Å². The molecule has 4 rings (SSSR count). The van der Waals surface area contributed by atoms with Crippen molar-refractivity contribution in [3.63, 3.8) is 0 Å². The van der Waals surface area contributed by atoms with E-state index in [9.17, 15) is 0 Å². The van der Waals surface area contributed by atoms with Crippen molar-refractivity contribution >= 4 is 0 Å². The second-order valence-electron chi connectivity index (χ2n) is 8.98. The van der Waals surface area contributed by atoms with Crippen LogP contribution in [-0.4, -0.2) is 19.5 Å². The van der Waals surface area contributed by atoms with Gasteiger partial charge in [-0.15, -0.1) is 0 Å². The summed E-state index contributed by atoms with van der Waals surface area (Å²) < 4.78 is 11.3. The molecule has 0 atom stereocenters. The zero-order chi connectivity index (χ0) is 18.5. The summed E-state index contributed by atoms with van der Waals surface area (Å²) in [5.74, 6) is 2.73. The minimum absolute atomic E-state index is 0.0148. The Kier molecular flexibility index (Phi) is 6.68. The zero-order valence-electron chi connectivity index (χ0n) is 17.0. The highest BCUT2D eigenvalue weighted by atomic mass is 16.7. The number of hydrogen-bond donors (Lipinski definition) is 0. The third kappa shape index (κ3) is 5.23. The van der Waals surface area contributed by atoms with Crippen molar-refractivity contribution in [3.8, 4) is 0 Å². The molecule has 0 spiro atoms. The van der Waals surface area contributed by atoms with Gasteiger partial charge < -0.3 is 9.47 Å². The fraction of sp³-hybridized carbons (Fsp3) is 0.680. The lowest BCUT2D eigenvalue weighted by Crippen LogP contribution is -2.25. The van der Waals surface area contributed by atoms with Gasteiger partial charge in [0.1, 0.15) is 0 Å². The van der Waals surface area contributed by atoms with Gasteiger partial charge in [-0.1, -0.05) is 41.5 Å². The number of benzene rings is 1. The highest BCUT2D eigenvalue weighted by molar-refractivity contribution is 5.24. The average Bonchev–Trinajstić information content (AvgIpc) is 2.74. The first-order valence-corrected chi connectivity index (χ1v) is 11.3. The molecule has 1 heterocycles. The van der Waals surface area contributed by atoms with Crippen molar-refractivity contribution in [2.45, 2.75) is 83.3 Å². The van der Waals surface area contributed by atoms with Gasteiger partial charge in [-0.2, -0.15) is 0 Å². The first-order chi connectivity index (χ1) is 13.3. The summed E-state index contributed by atoms with van der Waals surface area (Å²) in [4.78, 5) is 0. The normalized spacial score (nSPS) is 30.3. The molecule has 0 bridgehead atoms. The first kappa shape index (κ1) is 19.2. The molecule has 0 radical (unpaired) electrons. The molecular weight excluding hydrogens is 332 g/mol. The van der Waals surface area contributed by atoms with Gasteiger partial charge in [0, 0.05) is 6.42 Å². The van der Waals surface area contributed by atoms with Crippen LogP contribution in [0, 0.1) is 18.8 Å². The van der Waals surface area contributed by atoms with Crippen molar-refractivity contribution in [2.24, 2.45) is 11.8 Å². The molecular formula is C25H36O2. The molecule has 1 aromatic rings. The third-order valence-electron chi connectivity index (χ3n) is 7.15. The maximum atomic E-state index is 5.67. The van der Waals surface area contributed by atoms with Crippen LogP contribution in [0.5, 0.6) is 0 Å². The van der Waals surface area contributed by atoms with Crippen LogP contribution in [0.15, 0.2) is 35.9 Å². The second-order valence-corrected chi connectivity index (χ2v) is 8.98. The van der Waals surface area contributed by atoms with Crippen LogP contribution < -0.4 is 0 Å². The molecule has 1 aromatic carbocycles. The van der Waals surface area contributed by atoms with Gasteiger partial charge in [0.05, 0.1) is 13.2 Å². The molecule has 0 aromatic heterocycles. The Morgan fingerprint density at radius 3 is 2.15 bits per heavy atom. The number of allylic oxidation sites excluding steroid dienone is 1. The van der Waals surface area contributed by atoms with Gasteiger partial charge >= 0.3 is 0 Å². The smallest absolute Gasteiger partial charge is 0.160 e. The van der Waals surface area contributed by atoms with E-state index in [1.54, 1.807) is 11.1 Å². The van der Waals surface area contributed by atoms with Crippen LogP contribution in [0.4, 0.5) is 0 Å². The maximum Gasteiger partial charge on any atom is 0.160 e. The van der Waals surface area contributed by atoms with Gasteiger partial charge in [-0.25, -0.2) is 0 Å². The summed E-state index contributed by atoms with van der Waals surface area (Å²) in [7, 11) is 0. The van der Waals surface area contributed by atoms with Crippen molar-refractivity contribution in [2.75, 3.05) is 13.2 Å². The fourth-order valence-electron chi connectivity index (χ4n) is 5.38. The van der Waals surface area contributed by atoms with E-state index in [2.05, 4.69) is 37.3 Å². The third-order valence-corrected chi connectivity index (χ3v) is 7.15. The summed E-state index contributed by atoms with van der Waals surface area (Å²) in [6.45, 7) is 3.91.